The Morgan fingerprint density at radius 1 is 1.47 bits per heavy atom. The van der Waals surface area contributed by atoms with E-state index in [-0.39, 0.29) is 5.75 Å². The fourth-order valence-electron chi connectivity index (χ4n) is 1.55. The van der Waals surface area contributed by atoms with E-state index >= 15 is 0 Å². The number of aromatic nitrogens is 2. The smallest absolute Gasteiger partial charge is 0.116 e. The van der Waals surface area contributed by atoms with Crippen molar-refractivity contribution >= 4 is 0 Å². The highest BCUT2D eigenvalue weighted by Gasteiger charge is 2.06. The first kappa shape index (κ1) is 9.73. The first-order valence-corrected chi connectivity index (χ1v) is 4.77. The molecule has 0 aliphatic rings. The van der Waals surface area contributed by atoms with Crippen LogP contribution in [0.5, 0.6) is 5.75 Å². The van der Waals surface area contributed by atoms with Crippen molar-refractivity contribution in [3.8, 4) is 17.0 Å². The van der Waals surface area contributed by atoms with Crippen LogP contribution in [0.25, 0.3) is 11.3 Å². The van der Waals surface area contributed by atoms with Crippen LogP contribution < -0.4 is 5.32 Å². The quantitative estimate of drug-likeness (QED) is 0.708. The lowest BCUT2D eigenvalue weighted by Crippen LogP contribution is -2.05. The van der Waals surface area contributed by atoms with Crippen molar-refractivity contribution in [2.75, 3.05) is 7.05 Å². The van der Waals surface area contributed by atoms with E-state index < -0.39 is 0 Å². The van der Waals surface area contributed by atoms with Crippen LogP contribution in [0, 0.1) is 0 Å². The molecule has 2 aromatic rings. The van der Waals surface area contributed by atoms with Gasteiger partial charge in [-0.05, 0) is 19.2 Å². The summed E-state index contributed by atoms with van der Waals surface area (Å²) in [7, 11) is 1.89. The number of aromatic hydroxyl groups is 1. The highest BCUT2D eigenvalue weighted by Crippen LogP contribution is 2.24. The maximum absolute atomic E-state index is 9.38. The van der Waals surface area contributed by atoms with Crippen LogP contribution in [0.3, 0.4) is 0 Å². The van der Waals surface area contributed by atoms with E-state index in [9.17, 15) is 5.11 Å². The number of phenolic OH excluding ortho intramolecular Hbond substituents is 1. The Balaban J connectivity index is 2.40. The third-order valence-electron chi connectivity index (χ3n) is 2.22. The molecular weight excluding hydrogens is 190 g/mol. The molecule has 4 nitrogen and oxygen atoms in total. The van der Waals surface area contributed by atoms with E-state index in [1.165, 1.54) is 0 Å². The summed E-state index contributed by atoms with van der Waals surface area (Å²) in [6, 6.07) is 7.12. The first-order valence-electron chi connectivity index (χ1n) is 4.77. The molecule has 0 amide bonds. The standard InChI is InChI=1S/C11H13N3O/c1-12-6-9-7-13-14-11(9)8-3-2-4-10(15)5-8/h2-5,7,12,15H,6H2,1H3,(H,13,14). The molecule has 1 aromatic heterocycles. The minimum atomic E-state index is 0.262. The lowest BCUT2D eigenvalue weighted by Gasteiger charge is -2.02. The second kappa shape index (κ2) is 4.14. The summed E-state index contributed by atoms with van der Waals surface area (Å²) in [5.74, 6) is 0.262. The van der Waals surface area contributed by atoms with Crippen LogP contribution in [0.4, 0.5) is 0 Å². The molecule has 0 aliphatic carbocycles. The summed E-state index contributed by atoms with van der Waals surface area (Å²) in [4.78, 5) is 0. The molecule has 0 saturated heterocycles. The molecular formula is C11H13N3O. The summed E-state index contributed by atoms with van der Waals surface area (Å²) >= 11 is 0. The van der Waals surface area contributed by atoms with Gasteiger partial charge in [0.1, 0.15) is 5.75 Å². The van der Waals surface area contributed by atoms with E-state index in [4.69, 9.17) is 0 Å². The average Bonchev–Trinajstić information content (AvgIpc) is 2.66. The SMILES string of the molecule is CNCc1cn[nH]c1-c1cccc(O)c1. The highest BCUT2D eigenvalue weighted by molar-refractivity contribution is 5.64. The van der Waals surface area contributed by atoms with Crippen molar-refractivity contribution in [2.45, 2.75) is 6.54 Å². The molecule has 0 unspecified atom stereocenters. The molecule has 15 heavy (non-hydrogen) atoms. The Labute approximate surface area is 88.0 Å². The van der Waals surface area contributed by atoms with Gasteiger partial charge in [0.15, 0.2) is 0 Å². The Kier molecular flexibility index (Phi) is 2.69. The van der Waals surface area contributed by atoms with Gasteiger partial charge in [0.2, 0.25) is 0 Å². The zero-order chi connectivity index (χ0) is 10.7. The summed E-state index contributed by atoms with van der Waals surface area (Å²) in [6.45, 7) is 0.751. The lowest BCUT2D eigenvalue weighted by atomic mass is 10.1. The Morgan fingerprint density at radius 3 is 3.07 bits per heavy atom. The van der Waals surface area contributed by atoms with Gasteiger partial charge in [0.25, 0.3) is 0 Å². The molecule has 0 fully saturated rings. The number of nitrogens with one attached hydrogen (secondary N) is 2. The van der Waals surface area contributed by atoms with Gasteiger partial charge < -0.3 is 10.4 Å². The number of H-pyrrole nitrogens is 1. The van der Waals surface area contributed by atoms with Crippen LogP contribution in [-0.4, -0.2) is 22.4 Å². The van der Waals surface area contributed by atoms with Crippen LogP contribution in [-0.2, 0) is 6.54 Å². The molecule has 1 aromatic carbocycles. The predicted octanol–water partition coefficient (Wildman–Crippen LogP) is 1.50. The maximum Gasteiger partial charge on any atom is 0.116 e. The van der Waals surface area contributed by atoms with Crippen LogP contribution in [0.15, 0.2) is 30.5 Å². The summed E-state index contributed by atoms with van der Waals surface area (Å²) < 4.78 is 0. The zero-order valence-electron chi connectivity index (χ0n) is 8.49. The summed E-state index contributed by atoms with van der Waals surface area (Å²) in [5.41, 5.74) is 2.97. The molecule has 3 N–H and O–H groups in total. The van der Waals surface area contributed by atoms with E-state index in [0.29, 0.717) is 0 Å². The van der Waals surface area contributed by atoms with Gasteiger partial charge in [0.05, 0.1) is 11.9 Å². The Morgan fingerprint density at radius 2 is 2.33 bits per heavy atom. The number of phenols is 1. The topological polar surface area (TPSA) is 60.9 Å². The Hall–Kier alpha value is -1.81. The number of aromatic amines is 1. The summed E-state index contributed by atoms with van der Waals surface area (Å²) in [5, 5.41) is 19.4. The van der Waals surface area contributed by atoms with Gasteiger partial charge >= 0.3 is 0 Å². The van der Waals surface area contributed by atoms with E-state index in [1.807, 2.05) is 19.2 Å². The molecule has 0 spiro atoms. The first-order chi connectivity index (χ1) is 7.31. The fraction of sp³-hybridized carbons (Fsp3) is 0.182. The van der Waals surface area contributed by atoms with Gasteiger partial charge in [0, 0.05) is 17.7 Å². The highest BCUT2D eigenvalue weighted by atomic mass is 16.3. The second-order valence-electron chi connectivity index (χ2n) is 3.35. The molecule has 4 heteroatoms. The van der Waals surface area contributed by atoms with Crippen molar-refractivity contribution in [2.24, 2.45) is 0 Å². The molecule has 0 saturated carbocycles. The van der Waals surface area contributed by atoms with Gasteiger partial charge in [-0.2, -0.15) is 5.10 Å². The largest absolute Gasteiger partial charge is 0.508 e. The van der Waals surface area contributed by atoms with E-state index in [1.54, 1.807) is 18.3 Å². The molecule has 0 radical (unpaired) electrons. The van der Waals surface area contributed by atoms with Crippen LogP contribution >= 0.6 is 0 Å². The third kappa shape index (κ3) is 1.99. The molecule has 1 heterocycles. The molecule has 2 rings (SSSR count). The third-order valence-corrected chi connectivity index (χ3v) is 2.22. The summed E-state index contributed by atoms with van der Waals surface area (Å²) in [6.07, 6.45) is 1.79. The normalized spacial score (nSPS) is 10.5. The number of nitrogens with zero attached hydrogens (tertiary/aromatic N) is 1. The van der Waals surface area contributed by atoms with Crippen molar-refractivity contribution in [1.82, 2.24) is 15.5 Å². The number of benzene rings is 1. The minimum absolute atomic E-state index is 0.262. The second-order valence-corrected chi connectivity index (χ2v) is 3.35. The Bertz CT molecular complexity index is 451. The van der Waals surface area contributed by atoms with Crippen LogP contribution in [0.1, 0.15) is 5.56 Å². The van der Waals surface area contributed by atoms with E-state index in [2.05, 4.69) is 15.5 Å². The van der Waals surface area contributed by atoms with Crippen LogP contribution in [0.2, 0.25) is 0 Å². The predicted molar refractivity (Wildman–Crippen MR) is 58.5 cm³/mol. The zero-order valence-corrected chi connectivity index (χ0v) is 8.49. The molecule has 0 bridgehead atoms. The molecule has 0 atom stereocenters. The van der Waals surface area contributed by atoms with Gasteiger partial charge in [-0.1, -0.05) is 12.1 Å². The number of hydrogen-bond acceptors (Lipinski definition) is 3. The van der Waals surface area contributed by atoms with Crippen molar-refractivity contribution < 1.29 is 5.11 Å². The number of hydrogen-bond donors (Lipinski definition) is 3. The monoisotopic (exact) mass is 203 g/mol. The van der Waals surface area contributed by atoms with Crippen molar-refractivity contribution in [3.05, 3.63) is 36.0 Å². The van der Waals surface area contributed by atoms with Crippen molar-refractivity contribution in [3.63, 3.8) is 0 Å². The molecule has 78 valence electrons. The number of rotatable bonds is 3. The van der Waals surface area contributed by atoms with Gasteiger partial charge in [-0.15, -0.1) is 0 Å². The molecule has 0 aliphatic heterocycles. The fourth-order valence-corrected chi connectivity index (χ4v) is 1.55. The van der Waals surface area contributed by atoms with Crippen molar-refractivity contribution in [1.29, 1.82) is 0 Å². The van der Waals surface area contributed by atoms with Gasteiger partial charge in [-0.25, -0.2) is 0 Å². The van der Waals surface area contributed by atoms with Gasteiger partial charge in [-0.3, -0.25) is 5.10 Å². The van der Waals surface area contributed by atoms with E-state index in [0.717, 1.165) is 23.4 Å². The average molecular weight is 203 g/mol. The minimum Gasteiger partial charge on any atom is -0.508 e. The lowest BCUT2D eigenvalue weighted by molar-refractivity contribution is 0.475. The maximum atomic E-state index is 9.38.